The summed E-state index contributed by atoms with van der Waals surface area (Å²) in [7, 11) is 1.19. The molecule has 0 aromatic carbocycles. The zero-order valence-electron chi connectivity index (χ0n) is 6.19. The summed E-state index contributed by atoms with van der Waals surface area (Å²) in [5.41, 5.74) is 0. The predicted octanol–water partition coefficient (Wildman–Crippen LogP) is 1.31. The minimum atomic E-state index is -1.51. The molecule has 0 saturated heterocycles. The summed E-state index contributed by atoms with van der Waals surface area (Å²) >= 11 is 10.8. The number of carbonyl (C=O) groups is 2. The average molecular weight is 199 g/mol. The van der Waals surface area contributed by atoms with Crippen molar-refractivity contribution < 1.29 is 14.3 Å². The Morgan fingerprint density at radius 1 is 1.45 bits per heavy atom. The number of halogens is 2. The van der Waals surface area contributed by atoms with Crippen molar-refractivity contribution in [2.24, 2.45) is 0 Å². The minimum absolute atomic E-state index is 0.389. The maximum Gasteiger partial charge on any atom is 0.313 e. The molecule has 5 heteroatoms. The maximum atomic E-state index is 10.9. The van der Waals surface area contributed by atoms with Gasteiger partial charge in [-0.15, -0.1) is 0 Å². The van der Waals surface area contributed by atoms with Gasteiger partial charge in [0.05, 0.1) is 7.11 Å². The molecule has 64 valence electrons. The van der Waals surface area contributed by atoms with E-state index < -0.39 is 16.1 Å². The molecule has 0 unspecified atom stereocenters. The Bertz CT molecular complexity index is 171. The number of ether oxygens (including phenoxy) is 1. The third-order valence-electron chi connectivity index (χ3n) is 1.02. The van der Waals surface area contributed by atoms with Crippen LogP contribution in [0.3, 0.4) is 0 Å². The van der Waals surface area contributed by atoms with E-state index >= 15 is 0 Å². The van der Waals surface area contributed by atoms with Gasteiger partial charge in [-0.05, 0) is 6.92 Å². The minimum Gasteiger partial charge on any atom is -0.469 e. The number of hydrogen-bond donors (Lipinski definition) is 0. The van der Waals surface area contributed by atoms with Crippen LogP contribution in [0.4, 0.5) is 0 Å². The lowest BCUT2D eigenvalue weighted by molar-refractivity contribution is -0.143. The van der Waals surface area contributed by atoms with Crippen molar-refractivity contribution in [1.29, 1.82) is 0 Å². The Balaban J connectivity index is 3.99. The van der Waals surface area contributed by atoms with Gasteiger partial charge in [0.25, 0.3) is 0 Å². The van der Waals surface area contributed by atoms with E-state index in [0.29, 0.717) is 0 Å². The van der Waals surface area contributed by atoms with Crippen molar-refractivity contribution in [3.8, 4) is 0 Å². The van der Waals surface area contributed by atoms with Crippen LogP contribution in [0.25, 0.3) is 0 Å². The second-order valence-electron chi connectivity index (χ2n) is 2.06. The highest BCUT2D eigenvalue weighted by molar-refractivity contribution is 6.58. The molecule has 0 radical (unpaired) electrons. The smallest absolute Gasteiger partial charge is 0.313 e. The molecule has 0 atom stereocenters. The zero-order valence-corrected chi connectivity index (χ0v) is 7.70. The number of carbonyl (C=O) groups excluding carboxylic acids is 2. The van der Waals surface area contributed by atoms with Gasteiger partial charge in [-0.1, -0.05) is 23.2 Å². The van der Waals surface area contributed by atoms with Gasteiger partial charge < -0.3 is 4.74 Å². The number of ketones is 1. The van der Waals surface area contributed by atoms with Gasteiger partial charge in [-0.25, -0.2) is 0 Å². The van der Waals surface area contributed by atoms with E-state index in [0.717, 1.165) is 0 Å². The lowest BCUT2D eigenvalue weighted by Gasteiger charge is -2.09. The number of hydrogen-bond acceptors (Lipinski definition) is 3. The van der Waals surface area contributed by atoms with Gasteiger partial charge >= 0.3 is 5.97 Å². The molecule has 0 aromatic heterocycles. The van der Waals surface area contributed by atoms with Gasteiger partial charge in [0.2, 0.25) is 0 Å². The van der Waals surface area contributed by atoms with Crippen molar-refractivity contribution >= 4 is 35.0 Å². The molecule has 0 saturated carbocycles. The van der Waals surface area contributed by atoms with Crippen LogP contribution >= 0.6 is 23.2 Å². The Hall–Kier alpha value is -0.280. The van der Waals surface area contributed by atoms with Crippen molar-refractivity contribution in [2.45, 2.75) is 17.7 Å². The third-order valence-corrected chi connectivity index (χ3v) is 1.44. The van der Waals surface area contributed by atoms with E-state index in [1.165, 1.54) is 14.0 Å². The summed E-state index contributed by atoms with van der Waals surface area (Å²) in [4.78, 5) is 21.4. The van der Waals surface area contributed by atoms with Crippen LogP contribution in [-0.4, -0.2) is 23.2 Å². The first kappa shape index (κ1) is 10.7. The Morgan fingerprint density at radius 2 is 1.91 bits per heavy atom. The normalized spacial score (nSPS) is 10.9. The standard InChI is InChI=1S/C6H8Cl2O3/c1-6(7,8)4(9)3-5(10)11-2/h3H2,1-2H3. The highest BCUT2D eigenvalue weighted by Gasteiger charge is 2.28. The van der Waals surface area contributed by atoms with Crippen molar-refractivity contribution in [3.63, 3.8) is 0 Å². The van der Waals surface area contributed by atoms with Crippen LogP contribution in [-0.2, 0) is 14.3 Å². The summed E-state index contributed by atoms with van der Waals surface area (Å²) in [6.45, 7) is 1.31. The molecule has 0 spiro atoms. The third kappa shape index (κ3) is 4.22. The van der Waals surface area contributed by atoms with Gasteiger partial charge in [-0.2, -0.15) is 0 Å². The second-order valence-corrected chi connectivity index (χ2v) is 3.77. The van der Waals surface area contributed by atoms with Crippen LogP contribution in [0.2, 0.25) is 0 Å². The SMILES string of the molecule is COC(=O)CC(=O)C(C)(Cl)Cl. The van der Waals surface area contributed by atoms with E-state index in [4.69, 9.17) is 23.2 Å². The maximum absolute atomic E-state index is 10.9. The molecule has 0 N–H and O–H groups in total. The number of esters is 1. The quantitative estimate of drug-likeness (QED) is 0.391. The van der Waals surface area contributed by atoms with E-state index in [9.17, 15) is 9.59 Å². The number of Topliss-reactive ketones (excluding diaryl/α,β-unsaturated/α-hetero) is 1. The van der Waals surface area contributed by atoms with Gasteiger partial charge in [0.1, 0.15) is 6.42 Å². The molecule has 0 aliphatic heterocycles. The number of alkyl halides is 2. The fourth-order valence-electron chi connectivity index (χ4n) is 0.358. The molecule has 3 nitrogen and oxygen atoms in total. The van der Waals surface area contributed by atoms with Crippen LogP contribution in [0.1, 0.15) is 13.3 Å². The Labute approximate surface area is 74.6 Å². The zero-order chi connectivity index (χ0) is 9.07. The first-order valence-electron chi connectivity index (χ1n) is 2.86. The number of rotatable bonds is 3. The molecule has 0 bridgehead atoms. The lowest BCUT2D eigenvalue weighted by atomic mass is 10.2. The van der Waals surface area contributed by atoms with Crippen LogP contribution in [0.5, 0.6) is 0 Å². The summed E-state index contributed by atoms with van der Waals surface area (Å²) < 4.78 is 2.73. The highest BCUT2D eigenvalue weighted by Crippen LogP contribution is 2.22. The molecule has 0 rings (SSSR count). The van der Waals surface area contributed by atoms with E-state index in [1.807, 2.05) is 0 Å². The molecule has 0 aromatic rings. The summed E-state index contributed by atoms with van der Waals surface area (Å²) in [5, 5.41) is 0. The fourth-order valence-corrected chi connectivity index (χ4v) is 0.492. The molecule has 11 heavy (non-hydrogen) atoms. The molecule has 0 aliphatic rings. The summed E-state index contributed by atoms with van der Waals surface area (Å²) in [6.07, 6.45) is -0.389. The molecule has 0 amide bonds. The largest absolute Gasteiger partial charge is 0.469 e. The van der Waals surface area contributed by atoms with Crippen LogP contribution in [0, 0.1) is 0 Å². The highest BCUT2D eigenvalue weighted by atomic mass is 35.5. The van der Waals surface area contributed by atoms with Gasteiger partial charge in [-0.3, -0.25) is 9.59 Å². The Kier molecular flexibility index (Phi) is 3.83. The molecule has 0 heterocycles. The van der Waals surface area contributed by atoms with Crippen molar-refractivity contribution in [3.05, 3.63) is 0 Å². The van der Waals surface area contributed by atoms with E-state index in [2.05, 4.69) is 4.74 Å². The Morgan fingerprint density at radius 3 is 2.18 bits per heavy atom. The van der Waals surface area contributed by atoms with Crippen LogP contribution < -0.4 is 0 Å². The number of methoxy groups -OCH3 is 1. The van der Waals surface area contributed by atoms with Crippen molar-refractivity contribution in [2.75, 3.05) is 7.11 Å². The van der Waals surface area contributed by atoms with Gasteiger partial charge in [0.15, 0.2) is 10.1 Å². The molecule has 0 fully saturated rings. The fraction of sp³-hybridized carbons (Fsp3) is 0.667. The first-order valence-corrected chi connectivity index (χ1v) is 3.61. The lowest BCUT2D eigenvalue weighted by Crippen LogP contribution is -2.24. The topological polar surface area (TPSA) is 43.4 Å². The van der Waals surface area contributed by atoms with Gasteiger partial charge in [0, 0.05) is 0 Å². The first-order chi connectivity index (χ1) is 4.88. The summed E-state index contributed by atoms with van der Waals surface area (Å²) in [5.74, 6) is -1.20. The molecular formula is C6H8Cl2O3. The van der Waals surface area contributed by atoms with E-state index in [1.54, 1.807) is 0 Å². The average Bonchev–Trinajstić information content (AvgIpc) is 1.85. The van der Waals surface area contributed by atoms with E-state index in [-0.39, 0.29) is 6.42 Å². The summed E-state index contributed by atoms with van der Waals surface area (Å²) in [6, 6.07) is 0. The second kappa shape index (κ2) is 3.93. The monoisotopic (exact) mass is 198 g/mol. The molecular weight excluding hydrogens is 191 g/mol. The van der Waals surface area contributed by atoms with Crippen molar-refractivity contribution in [1.82, 2.24) is 0 Å². The molecule has 0 aliphatic carbocycles. The van der Waals surface area contributed by atoms with Crippen LogP contribution in [0.15, 0.2) is 0 Å². The predicted molar refractivity (Wildman–Crippen MR) is 41.8 cm³/mol.